The smallest absolute Gasteiger partial charge is 0.251 e. The number of ketones is 1. The highest BCUT2D eigenvalue weighted by atomic mass is 19.1. The van der Waals surface area contributed by atoms with E-state index in [0.29, 0.717) is 19.4 Å². The summed E-state index contributed by atoms with van der Waals surface area (Å²) in [5.41, 5.74) is 14.4. The Hall–Kier alpha value is -3.49. The summed E-state index contributed by atoms with van der Waals surface area (Å²) in [6, 6.07) is 8.20. The minimum atomic E-state index is -0.943. The van der Waals surface area contributed by atoms with Crippen molar-refractivity contribution in [3.8, 4) is 5.75 Å². The van der Waals surface area contributed by atoms with E-state index in [2.05, 4.69) is 15.3 Å². The highest BCUT2D eigenvalue weighted by molar-refractivity contribution is 5.98. The van der Waals surface area contributed by atoms with Crippen molar-refractivity contribution in [3.63, 3.8) is 0 Å². The molecule has 30 heavy (non-hydrogen) atoms. The van der Waals surface area contributed by atoms with Gasteiger partial charge < -0.3 is 15.8 Å². The topological polar surface area (TPSA) is 130 Å². The molecule has 3 N–H and O–H groups in total. The van der Waals surface area contributed by atoms with Crippen LogP contribution in [0.15, 0.2) is 47.6 Å². The van der Waals surface area contributed by atoms with Gasteiger partial charge in [0.1, 0.15) is 6.61 Å². The molecule has 0 radical (unpaired) electrons. The number of amides is 1. The second-order valence-corrected chi connectivity index (χ2v) is 6.36. The molecule has 0 fully saturated rings. The number of unbranched alkanes of at least 4 members (excludes halogenated alkanes) is 1. The van der Waals surface area contributed by atoms with Gasteiger partial charge in [0.15, 0.2) is 23.2 Å². The van der Waals surface area contributed by atoms with Gasteiger partial charge in [0.25, 0.3) is 5.91 Å². The van der Waals surface area contributed by atoms with Crippen molar-refractivity contribution < 1.29 is 23.1 Å². The van der Waals surface area contributed by atoms with E-state index in [1.807, 2.05) is 0 Å². The summed E-state index contributed by atoms with van der Waals surface area (Å²) in [5, 5.41) is 6.03. The van der Waals surface area contributed by atoms with Crippen LogP contribution in [0.25, 0.3) is 10.4 Å². The number of nitrogens with two attached hydrogens (primary N) is 1. The van der Waals surface area contributed by atoms with E-state index in [1.165, 1.54) is 30.3 Å². The van der Waals surface area contributed by atoms with Crippen molar-refractivity contribution in [1.29, 1.82) is 0 Å². The van der Waals surface area contributed by atoms with Gasteiger partial charge in [0.2, 0.25) is 0 Å². The van der Waals surface area contributed by atoms with Crippen LogP contribution in [0.2, 0.25) is 0 Å². The molecule has 0 aliphatic carbocycles. The van der Waals surface area contributed by atoms with Crippen LogP contribution in [0.1, 0.15) is 29.6 Å². The minimum Gasteiger partial charge on any atom is -0.480 e. The lowest BCUT2D eigenvalue weighted by atomic mass is 10.0. The number of nitrogens with zero attached hydrogens (tertiary/aromatic N) is 3. The van der Waals surface area contributed by atoms with E-state index in [4.69, 9.17) is 16.0 Å². The Morgan fingerprint density at radius 2 is 1.87 bits per heavy atom. The summed E-state index contributed by atoms with van der Waals surface area (Å²) >= 11 is 0. The molecule has 158 valence electrons. The van der Waals surface area contributed by atoms with E-state index in [9.17, 15) is 18.4 Å². The van der Waals surface area contributed by atoms with Crippen LogP contribution in [0.4, 0.5) is 14.5 Å². The first kappa shape index (κ1) is 22.8. The minimum absolute atomic E-state index is 0.192. The zero-order valence-electron chi connectivity index (χ0n) is 16.1. The summed E-state index contributed by atoms with van der Waals surface area (Å²) in [5.74, 6) is -3.62. The number of para-hydroxylation sites is 1. The van der Waals surface area contributed by atoms with Gasteiger partial charge >= 0.3 is 0 Å². The monoisotopic (exact) mass is 417 g/mol. The number of benzene rings is 2. The fraction of sp³-hybridized carbons (Fsp3) is 0.300. The van der Waals surface area contributed by atoms with Crippen LogP contribution in [0.3, 0.4) is 0 Å². The largest absolute Gasteiger partial charge is 0.480 e. The normalized spacial score (nSPS) is 11.3. The standard InChI is InChI=1S/C20H21F2N5O3/c21-15-7-4-8-16(22)19(15)30-12-18(28)17(9-1-2-10-23)25-20(29)13-5-3-6-14(11-13)26-27-24/h3-8,11,17H,1-2,9-10,12,23H2,(H,25,29). The number of hydrogen-bond donors (Lipinski definition) is 2. The first-order valence-electron chi connectivity index (χ1n) is 9.22. The van der Waals surface area contributed by atoms with Crippen LogP contribution in [-0.2, 0) is 4.79 Å². The molecular weight excluding hydrogens is 396 g/mol. The maximum atomic E-state index is 13.7. The maximum absolute atomic E-state index is 13.7. The molecule has 1 atom stereocenters. The number of rotatable bonds is 11. The molecule has 0 aromatic heterocycles. The molecule has 0 bridgehead atoms. The van der Waals surface area contributed by atoms with Gasteiger partial charge in [-0.25, -0.2) is 8.78 Å². The van der Waals surface area contributed by atoms with Crippen molar-refractivity contribution in [2.45, 2.75) is 25.3 Å². The zero-order chi connectivity index (χ0) is 21.9. The van der Waals surface area contributed by atoms with E-state index in [-0.39, 0.29) is 17.7 Å². The number of nitrogens with one attached hydrogen (secondary N) is 1. The van der Waals surface area contributed by atoms with Gasteiger partial charge in [0.05, 0.1) is 6.04 Å². The number of ether oxygens (including phenoxy) is 1. The molecule has 0 saturated heterocycles. The Morgan fingerprint density at radius 1 is 1.17 bits per heavy atom. The molecule has 8 nitrogen and oxygen atoms in total. The van der Waals surface area contributed by atoms with Gasteiger partial charge in [-0.05, 0) is 55.6 Å². The van der Waals surface area contributed by atoms with Gasteiger partial charge in [0, 0.05) is 16.2 Å². The number of carbonyl (C=O) groups excluding carboxylic acids is 2. The first-order valence-corrected chi connectivity index (χ1v) is 9.22. The third-order valence-electron chi connectivity index (χ3n) is 4.19. The first-order chi connectivity index (χ1) is 14.5. The van der Waals surface area contributed by atoms with Crippen molar-refractivity contribution in [2.75, 3.05) is 13.2 Å². The fourth-order valence-corrected chi connectivity index (χ4v) is 2.67. The van der Waals surface area contributed by atoms with Crippen LogP contribution < -0.4 is 15.8 Å². The van der Waals surface area contributed by atoms with Gasteiger partial charge in [-0.1, -0.05) is 23.3 Å². The summed E-state index contributed by atoms with van der Waals surface area (Å²) in [6.07, 6.45) is 1.47. The fourth-order valence-electron chi connectivity index (χ4n) is 2.67. The lowest BCUT2D eigenvalue weighted by Gasteiger charge is -2.18. The van der Waals surface area contributed by atoms with Crippen molar-refractivity contribution >= 4 is 17.4 Å². The molecular formula is C20H21F2N5O3. The molecule has 2 aromatic carbocycles. The second kappa shape index (κ2) is 11.5. The van der Waals surface area contributed by atoms with Crippen LogP contribution in [-0.4, -0.2) is 30.9 Å². The summed E-state index contributed by atoms with van der Waals surface area (Å²) < 4.78 is 32.4. The van der Waals surface area contributed by atoms with Crippen molar-refractivity contribution in [1.82, 2.24) is 5.32 Å². The van der Waals surface area contributed by atoms with Gasteiger partial charge in [-0.3, -0.25) is 9.59 Å². The van der Waals surface area contributed by atoms with Crippen LogP contribution in [0, 0.1) is 11.6 Å². The number of hydrogen-bond acceptors (Lipinski definition) is 5. The molecule has 0 spiro atoms. The van der Waals surface area contributed by atoms with Crippen LogP contribution in [0.5, 0.6) is 5.75 Å². The highest BCUT2D eigenvalue weighted by Gasteiger charge is 2.23. The van der Waals surface area contributed by atoms with Crippen molar-refractivity contribution in [2.24, 2.45) is 10.8 Å². The summed E-state index contributed by atoms with van der Waals surface area (Å²) in [7, 11) is 0. The van der Waals surface area contributed by atoms with Gasteiger partial charge in [-0.15, -0.1) is 0 Å². The van der Waals surface area contributed by atoms with E-state index in [1.54, 1.807) is 0 Å². The summed E-state index contributed by atoms with van der Waals surface area (Å²) in [4.78, 5) is 27.8. The molecule has 2 rings (SSSR count). The third kappa shape index (κ3) is 6.54. The Balaban J connectivity index is 2.10. The molecule has 2 aromatic rings. The molecule has 0 aliphatic heterocycles. The van der Waals surface area contributed by atoms with E-state index < -0.39 is 41.7 Å². The molecule has 0 aliphatic rings. The maximum Gasteiger partial charge on any atom is 0.251 e. The van der Waals surface area contributed by atoms with Crippen LogP contribution >= 0.6 is 0 Å². The Kier molecular flexibility index (Phi) is 8.74. The number of carbonyl (C=O) groups is 2. The molecule has 0 heterocycles. The highest BCUT2D eigenvalue weighted by Crippen LogP contribution is 2.21. The summed E-state index contributed by atoms with van der Waals surface area (Å²) in [6.45, 7) is -0.204. The van der Waals surface area contributed by atoms with E-state index in [0.717, 1.165) is 12.1 Å². The lowest BCUT2D eigenvalue weighted by molar-refractivity contribution is -0.123. The average Bonchev–Trinajstić information content (AvgIpc) is 2.73. The predicted octanol–water partition coefficient (Wildman–Crippen LogP) is 3.78. The molecule has 1 unspecified atom stereocenters. The van der Waals surface area contributed by atoms with Crippen molar-refractivity contribution in [3.05, 3.63) is 70.1 Å². The Morgan fingerprint density at radius 3 is 2.53 bits per heavy atom. The van der Waals surface area contributed by atoms with E-state index >= 15 is 0 Å². The Bertz CT molecular complexity index is 928. The second-order valence-electron chi connectivity index (χ2n) is 6.36. The molecule has 1 amide bonds. The number of Topliss-reactive ketones (excluding diaryl/α,β-unsaturated/α-hetero) is 1. The SMILES string of the molecule is [N-]=[N+]=Nc1cccc(C(=O)NC(CCCCN)C(=O)COc2c(F)cccc2F)c1. The number of halogens is 2. The quantitative estimate of drug-likeness (QED) is 0.249. The number of azide groups is 1. The van der Waals surface area contributed by atoms with Gasteiger partial charge in [-0.2, -0.15) is 0 Å². The Labute approximate surface area is 171 Å². The zero-order valence-corrected chi connectivity index (χ0v) is 16.1. The lowest BCUT2D eigenvalue weighted by Crippen LogP contribution is -2.43. The average molecular weight is 417 g/mol. The third-order valence-corrected chi connectivity index (χ3v) is 4.19. The predicted molar refractivity (Wildman–Crippen MR) is 106 cm³/mol. The molecule has 0 saturated carbocycles. The molecule has 10 heteroatoms.